The van der Waals surface area contributed by atoms with Crippen LogP contribution in [0.2, 0.25) is 0 Å². The number of pyridine rings is 1. The predicted octanol–water partition coefficient (Wildman–Crippen LogP) is 4.60. The summed E-state index contributed by atoms with van der Waals surface area (Å²) in [6.07, 6.45) is 2.87. The van der Waals surface area contributed by atoms with Crippen molar-refractivity contribution in [3.8, 4) is 5.75 Å². The number of rotatable bonds is 6. The summed E-state index contributed by atoms with van der Waals surface area (Å²) in [4.78, 5) is 29.2. The van der Waals surface area contributed by atoms with Crippen LogP contribution in [0.3, 0.4) is 0 Å². The largest absolute Gasteiger partial charge is 0.494 e. The number of aryl methyl sites for hydroxylation is 1. The molecule has 6 nitrogen and oxygen atoms in total. The van der Waals surface area contributed by atoms with Gasteiger partial charge in [-0.2, -0.15) is 0 Å². The minimum absolute atomic E-state index is 0.299. The lowest BCUT2D eigenvalue weighted by molar-refractivity contribution is 0.102. The van der Waals surface area contributed by atoms with Gasteiger partial charge in [0.2, 0.25) is 0 Å². The van der Waals surface area contributed by atoms with Gasteiger partial charge in [0.25, 0.3) is 11.8 Å². The van der Waals surface area contributed by atoms with Crippen molar-refractivity contribution in [1.82, 2.24) is 4.98 Å². The fourth-order valence-electron chi connectivity index (χ4n) is 2.77. The van der Waals surface area contributed by atoms with Crippen LogP contribution in [-0.4, -0.2) is 23.4 Å². The molecule has 0 atom stereocenters. The van der Waals surface area contributed by atoms with Crippen LogP contribution in [-0.2, 0) is 0 Å². The third-order valence-electron chi connectivity index (χ3n) is 4.54. The fraction of sp³-hybridized carbons (Fsp3) is 0.174. The summed E-state index contributed by atoms with van der Waals surface area (Å²) in [5.41, 5.74) is 4.06. The van der Waals surface area contributed by atoms with E-state index in [9.17, 15) is 9.59 Å². The van der Waals surface area contributed by atoms with E-state index in [1.54, 1.807) is 24.3 Å². The number of carbonyl (C=O) groups excluding carboxylic acids is 2. The number of hydrogen-bond donors (Lipinski definition) is 2. The predicted molar refractivity (Wildman–Crippen MR) is 114 cm³/mol. The molecule has 0 saturated carbocycles. The van der Waals surface area contributed by atoms with E-state index in [1.807, 2.05) is 39.0 Å². The lowest BCUT2D eigenvalue weighted by Gasteiger charge is -2.11. The molecule has 0 aliphatic heterocycles. The van der Waals surface area contributed by atoms with Crippen LogP contribution < -0.4 is 15.4 Å². The van der Waals surface area contributed by atoms with Crippen molar-refractivity contribution in [3.05, 3.63) is 83.2 Å². The van der Waals surface area contributed by atoms with Gasteiger partial charge in [0.1, 0.15) is 5.75 Å². The number of nitrogens with zero attached hydrogens (tertiary/aromatic N) is 1. The van der Waals surface area contributed by atoms with E-state index >= 15 is 0 Å². The number of nitrogens with one attached hydrogen (secondary N) is 2. The molecule has 3 aromatic rings. The third-order valence-corrected chi connectivity index (χ3v) is 4.54. The summed E-state index contributed by atoms with van der Waals surface area (Å²) in [5, 5.41) is 5.67. The van der Waals surface area contributed by atoms with E-state index in [-0.39, 0.29) is 11.8 Å². The molecule has 0 unspecified atom stereocenters. The molecule has 2 aromatic carbocycles. The lowest BCUT2D eigenvalue weighted by atomic mass is 10.1. The molecule has 0 saturated heterocycles. The van der Waals surface area contributed by atoms with E-state index in [1.165, 1.54) is 18.5 Å². The Morgan fingerprint density at radius 2 is 1.59 bits per heavy atom. The van der Waals surface area contributed by atoms with Crippen molar-refractivity contribution < 1.29 is 14.3 Å². The summed E-state index contributed by atoms with van der Waals surface area (Å²) in [7, 11) is 0. The molecule has 1 aromatic heterocycles. The molecule has 3 rings (SSSR count). The van der Waals surface area contributed by atoms with Gasteiger partial charge < -0.3 is 15.4 Å². The molecule has 29 heavy (non-hydrogen) atoms. The van der Waals surface area contributed by atoms with Gasteiger partial charge in [-0.05, 0) is 68.3 Å². The van der Waals surface area contributed by atoms with Crippen LogP contribution in [0.25, 0.3) is 0 Å². The summed E-state index contributed by atoms with van der Waals surface area (Å²) in [5.74, 6) is 0.0715. The molecule has 0 aliphatic rings. The normalized spacial score (nSPS) is 10.3. The van der Waals surface area contributed by atoms with Crippen LogP contribution in [0.1, 0.15) is 38.8 Å². The van der Waals surface area contributed by atoms with Crippen molar-refractivity contribution in [3.63, 3.8) is 0 Å². The summed E-state index contributed by atoms with van der Waals surface area (Å²) >= 11 is 0. The van der Waals surface area contributed by atoms with Crippen molar-refractivity contribution >= 4 is 23.2 Å². The van der Waals surface area contributed by atoms with Gasteiger partial charge in [0.15, 0.2) is 0 Å². The maximum Gasteiger partial charge on any atom is 0.257 e. The number of amides is 2. The molecule has 2 amide bonds. The van der Waals surface area contributed by atoms with Crippen LogP contribution in [0.4, 0.5) is 11.4 Å². The average molecular weight is 389 g/mol. The van der Waals surface area contributed by atoms with Gasteiger partial charge in [0, 0.05) is 23.8 Å². The zero-order chi connectivity index (χ0) is 20.8. The molecule has 1 heterocycles. The molecular formula is C23H23N3O3. The Morgan fingerprint density at radius 3 is 2.24 bits per heavy atom. The molecule has 0 aliphatic carbocycles. The first-order valence-electron chi connectivity index (χ1n) is 9.34. The minimum atomic E-state index is -0.344. The number of aromatic nitrogens is 1. The SMILES string of the molecule is CCOc1ccc(NC(=O)c2cncc(C(=O)Nc3cccc(C)c3C)c2)cc1. The maximum absolute atomic E-state index is 12.6. The third kappa shape index (κ3) is 4.99. The van der Waals surface area contributed by atoms with Gasteiger partial charge in [0.05, 0.1) is 17.7 Å². The topological polar surface area (TPSA) is 80.3 Å². The first kappa shape index (κ1) is 20.1. The zero-order valence-electron chi connectivity index (χ0n) is 16.7. The standard InChI is InChI=1S/C23H23N3O3/c1-4-29-20-10-8-19(9-11-20)25-22(27)17-12-18(14-24-13-17)23(28)26-21-7-5-6-15(2)16(21)3/h5-14H,4H2,1-3H3,(H,25,27)(H,26,28). The highest BCUT2D eigenvalue weighted by molar-refractivity contribution is 6.08. The smallest absolute Gasteiger partial charge is 0.257 e. The second kappa shape index (κ2) is 9.01. The summed E-state index contributed by atoms with van der Waals surface area (Å²) in [6.45, 7) is 6.42. The molecule has 148 valence electrons. The van der Waals surface area contributed by atoms with Crippen LogP contribution >= 0.6 is 0 Å². The van der Waals surface area contributed by atoms with Crippen LogP contribution in [0.15, 0.2) is 60.9 Å². The fourth-order valence-corrected chi connectivity index (χ4v) is 2.77. The minimum Gasteiger partial charge on any atom is -0.494 e. The Balaban J connectivity index is 1.71. The highest BCUT2D eigenvalue weighted by atomic mass is 16.5. The first-order valence-corrected chi connectivity index (χ1v) is 9.34. The molecular weight excluding hydrogens is 366 g/mol. The van der Waals surface area contributed by atoms with Gasteiger partial charge in [-0.1, -0.05) is 12.1 Å². The number of ether oxygens (including phenoxy) is 1. The highest BCUT2D eigenvalue weighted by Crippen LogP contribution is 2.19. The second-order valence-corrected chi connectivity index (χ2v) is 6.58. The Bertz CT molecular complexity index is 1030. The van der Waals surface area contributed by atoms with E-state index in [4.69, 9.17) is 4.74 Å². The van der Waals surface area contributed by atoms with Crippen LogP contribution in [0, 0.1) is 13.8 Å². The maximum atomic E-state index is 12.6. The molecule has 0 spiro atoms. The number of benzene rings is 2. The van der Waals surface area contributed by atoms with E-state index in [0.717, 1.165) is 22.6 Å². The highest BCUT2D eigenvalue weighted by Gasteiger charge is 2.13. The molecule has 6 heteroatoms. The van der Waals surface area contributed by atoms with Gasteiger partial charge in [-0.25, -0.2) is 0 Å². The van der Waals surface area contributed by atoms with Gasteiger partial charge >= 0.3 is 0 Å². The Hall–Kier alpha value is -3.67. The summed E-state index contributed by atoms with van der Waals surface area (Å²) < 4.78 is 5.39. The monoisotopic (exact) mass is 389 g/mol. The Labute approximate surface area is 169 Å². The van der Waals surface area contributed by atoms with Crippen LogP contribution in [0.5, 0.6) is 5.75 Å². The first-order chi connectivity index (χ1) is 14.0. The number of anilines is 2. The molecule has 0 radical (unpaired) electrons. The Morgan fingerprint density at radius 1 is 0.931 bits per heavy atom. The van der Waals surface area contributed by atoms with Gasteiger partial charge in [-0.15, -0.1) is 0 Å². The second-order valence-electron chi connectivity index (χ2n) is 6.58. The van der Waals surface area contributed by atoms with Crippen molar-refractivity contribution in [2.45, 2.75) is 20.8 Å². The molecule has 2 N–H and O–H groups in total. The number of hydrogen-bond acceptors (Lipinski definition) is 4. The van der Waals surface area contributed by atoms with E-state index in [2.05, 4.69) is 15.6 Å². The molecule has 0 fully saturated rings. The lowest BCUT2D eigenvalue weighted by Crippen LogP contribution is -2.16. The van der Waals surface area contributed by atoms with Gasteiger partial charge in [-0.3, -0.25) is 14.6 Å². The van der Waals surface area contributed by atoms with Crippen molar-refractivity contribution in [2.75, 3.05) is 17.2 Å². The van der Waals surface area contributed by atoms with Crippen molar-refractivity contribution in [1.29, 1.82) is 0 Å². The quantitative estimate of drug-likeness (QED) is 0.646. The molecule has 0 bridgehead atoms. The number of carbonyl (C=O) groups is 2. The van der Waals surface area contributed by atoms with E-state index in [0.29, 0.717) is 23.4 Å². The Kier molecular flexibility index (Phi) is 6.24. The zero-order valence-corrected chi connectivity index (χ0v) is 16.7. The average Bonchev–Trinajstić information content (AvgIpc) is 2.73. The van der Waals surface area contributed by atoms with Crippen molar-refractivity contribution in [2.24, 2.45) is 0 Å². The summed E-state index contributed by atoms with van der Waals surface area (Å²) in [6, 6.07) is 14.3. The van der Waals surface area contributed by atoms with E-state index < -0.39 is 0 Å².